The molecule has 0 aromatic carbocycles. The van der Waals surface area contributed by atoms with Crippen LogP contribution in [0.1, 0.15) is 23.0 Å². The SMILES string of the molecule is CC(=O)Oc1cc(C(=O)O)c(Cl)nc1C. The van der Waals surface area contributed by atoms with Gasteiger partial charge >= 0.3 is 11.9 Å². The fraction of sp³-hybridized carbons (Fsp3) is 0.222. The van der Waals surface area contributed by atoms with E-state index in [0.29, 0.717) is 5.69 Å². The zero-order chi connectivity index (χ0) is 11.6. The van der Waals surface area contributed by atoms with Crippen LogP contribution in [0.25, 0.3) is 0 Å². The highest BCUT2D eigenvalue weighted by molar-refractivity contribution is 6.32. The normalized spacial score (nSPS) is 9.80. The fourth-order valence-electron chi connectivity index (χ4n) is 0.966. The number of nitrogens with zero attached hydrogens (tertiary/aromatic N) is 1. The van der Waals surface area contributed by atoms with Crippen molar-refractivity contribution >= 4 is 23.5 Å². The van der Waals surface area contributed by atoms with Gasteiger partial charge in [0.2, 0.25) is 0 Å². The highest BCUT2D eigenvalue weighted by atomic mass is 35.5. The Labute approximate surface area is 90.6 Å². The Balaban J connectivity index is 3.23. The molecule has 0 atom stereocenters. The zero-order valence-electron chi connectivity index (χ0n) is 8.07. The van der Waals surface area contributed by atoms with Gasteiger partial charge in [0.1, 0.15) is 10.7 Å². The maximum absolute atomic E-state index is 10.7. The molecule has 0 saturated carbocycles. The largest absolute Gasteiger partial charge is 0.478 e. The monoisotopic (exact) mass is 229 g/mol. The van der Waals surface area contributed by atoms with E-state index in [2.05, 4.69) is 4.98 Å². The molecule has 1 aromatic heterocycles. The molecule has 0 saturated heterocycles. The van der Waals surface area contributed by atoms with E-state index < -0.39 is 11.9 Å². The summed E-state index contributed by atoms with van der Waals surface area (Å²) in [7, 11) is 0. The number of esters is 1. The average Bonchev–Trinajstić information content (AvgIpc) is 2.08. The predicted octanol–water partition coefficient (Wildman–Crippen LogP) is 1.67. The number of carboxylic acid groups (broad SMARTS) is 1. The number of carbonyl (C=O) groups is 2. The van der Waals surface area contributed by atoms with Crippen LogP contribution in [-0.4, -0.2) is 22.0 Å². The van der Waals surface area contributed by atoms with Crippen molar-refractivity contribution in [2.24, 2.45) is 0 Å². The van der Waals surface area contributed by atoms with Gasteiger partial charge in [0.15, 0.2) is 5.75 Å². The first-order valence-corrected chi connectivity index (χ1v) is 4.38. The number of hydrogen-bond donors (Lipinski definition) is 1. The van der Waals surface area contributed by atoms with Gasteiger partial charge < -0.3 is 9.84 Å². The van der Waals surface area contributed by atoms with E-state index in [1.807, 2.05) is 0 Å². The molecule has 0 aliphatic carbocycles. The summed E-state index contributed by atoms with van der Waals surface area (Å²) in [6.45, 7) is 2.78. The molecule has 5 nitrogen and oxygen atoms in total. The molecular formula is C9H8ClNO4. The molecule has 6 heteroatoms. The van der Waals surface area contributed by atoms with Crippen molar-refractivity contribution in [1.29, 1.82) is 0 Å². The highest BCUT2D eigenvalue weighted by Crippen LogP contribution is 2.23. The van der Waals surface area contributed by atoms with E-state index in [1.54, 1.807) is 6.92 Å². The summed E-state index contributed by atoms with van der Waals surface area (Å²) in [4.78, 5) is 25.2. The summed E-state index contributed by atoms with van der Waals surface area (Å²) in [6, 6.07) is 1.17. The maximum atomic E-state index is 10.7. The molecule has 1 N–H and O–H groups in total. The first kappa shape index (κ1) is 11.5. The molecule has 0 spiro atoms. The number of aromatic carboxylic acids is 1. The summed E-state index contributed by atoms with van der Waals surface area (Å²) >= 11 is 5.60. The zero-order valence-corrected chi connectivity index (χ0v) is 8.83. The molecule has 0 radical (unpaired) electrons. The number of halogens is 1. The third kappa shape index (κ3) is 2.66. The summed E-state index contributed by atoms with van der Waals surface area (Å²) in [5, 5.41) is 8.62. The van der Waals surface area contributed by atoms with Gasteiger partial charge in [-0.3, -0.25) is 4.79 Å². The quantitative estimate of drug-likeness (QED) is 0.617. The molecule has 1 rings (SSSR count). The van der Waals surface area contributed by atoms with Crippen molar-refractivity contribution in [2.45, 2.75) is 13.8 Å². The molecular weight excluding hydrogens is 222 g/mol. The van der Waals surface area contributed by atoms with E-state index in [9.17, 15) is 9.59 Å². The molecule has 0 amide bonds. The summed E-state index contributed by atoms with van der Waals surface area (Å²) in [5.41, 5.74) is 0.165. The molecule has 0 aliphatic rings. The van der Waals surface area contributed by atoms with Crippen molar-refractivity contribution in [2.75, 3.05) is 0 Å². The predicted molar refractivity (Wildman–Crippen MR) is 52.3 cm³/mol. The fourth-order valence-corrected chi connectivity index (χ4v) is 1.23. The van der Waals surface area contributed by atoms with Gasteiger partial charge in [-0.05, 0) is 6.92 Å². The molecule has 0 fully saturated rings. The van der Waals surface area contributed by atoms with Crippen LogP contribution in [-0.2, 0) is 4.79 Å². The Morgan fingerprint density at radius 2 is 2.13 bits per heavy atom. The minimum atomic E-state index is -1.22. The molecule has 1 heterocycles. The maximum Gasteiger partial charge on any atom is 0.338 e. The standard InChI is InChI=1S/C9H8ClNO4/c1-4-7(15-5(2)12)3-6(9(13)14)8(10)11-4/h3H,1-2H3,(H,13,14). The molecule has 0 aliphatic heterocycles. The Morgan fingerprint density at radius 3 is 2.60 bits per heavy atom. The van der Waals surface area contributed by atoms with Crippen molar-refractivity contribution in [3.63, 3.8) is 0 Å². The lowest BCUT2D eigenvalue weighted by atomic mass is 10.2. The Hall–Kier alpha value is -1.62. The van der Waals surface area contributed by atoms with Crippen LogP contribution in [0.15, 0.2) is 6.07 Å². The number of carboxylic acids is 1. The number of aryl methyl sites for hydroxylation is 1. The smallest absolute Gasteiger partial charge is 0.338 e. The first-order chi connectivity index (χ1) is 6.91. The minimum absolute atomic E-state index is 0.101. The summed E-state index contributed by atoms with van der Waals surface area (Å²) in [5.74, 6) is -1.66. The molecule has 80 valence electrons. The van der Waals surface area contributed by atoms with Gasteiger partial charge in [0.05, 0.1) is 5.69 Å². The summed E-state index contributed by atoms with van der Waals surface area (Å²) in [6.07, 6.45) is 0. The number of rotatable bonds is 2. The van der Waals surface area contributed by atoms with Crippen molar-refractivity contribution in [3.05, 3.63) is 22.5 Å². The second kappa shape index (κ2) is 4.27. The van der Waals surface area contributed by atoms with E-state index in [4.69, 9.17) is 21.4 Å². The van der Waals surface area contributed by atoms with E-state index in [-0.39, 0.29) is 16.5 Å². The first-order valence-electron chi connectivity index (χ1n) is 4.00. The van der Waals surface area contributed by atoms with E-state index >= 15 is 0 Å². The molecule has 1 aromatic rings. The lowest BCUT2D eigenvalue weighted by molar-refractivity contribution is -0.131. The van der Waals surface area contributed by atoms with Crippen molar-refractivity contribution in [1.82, 2.24) is 4.98 Å². The van der Waals surface area contributed by atoms with Crippen LogP contribution in [0.3, 0.4) is 0 Å². The number of ether oxygens (including phenoxy) is 1. The highest BCUT2D eigenvalue weighted by Gasteiger charge is 2.15. The van der Waals surface area contributed by atoms with E-state index in [0.717, 1.165) is 0 Å². The van der Waals surface area contributed by atoms with Crippen molar-refractivity contribution in [3.8, 4) is 5.75 Å². The number of pyridine rings is 1. The minimum Gasteiger partial charge on any atom is -0.478 e. The van der Waals surface area contributed by atoms with Gasteiger partial charge in [-0.1, -0.05) is 11.6 Å². The topological polar surface area (TPSA) is 76.5 Å². The molecule has 15 heavy (non-hydrogen) atoms. The third-order valence-electron chi connectivity index (χ3n) is 1.60. The van der Waals surface area contributed by atoms with Gasteiger partial charge in [0, 0.05) is 13.0 Å². The third-order valence-corrected chi connectivity index (χ3v) is 1.89. The Morgan fingerprint density at radius 1 is 1.53 bits per heavy atom. The van der Waals surface area contributed by atoms with Crippen LogP contribution in [0.4, 0.5) is 0 Å². The van der Waals surface area contributed by atoms with Crippen molar-refractivity contribution < 1.29 is 19.4 Å². The Bertz CT molecular complexity index is 430. The number of aromatic nitrogens is 1. The summed E-state index contributed by atoms with van der Waals surface area (Å²) < 4.78 is 4.77. The van der Waals surface area contributed by atoms with Crippen LogP contribution in [0, 0.1) is 6.92 Å². The van der Waals surface area contributed by atoms with Crippen LogP contribution in [0.2, 0.25) is 5.15 Å². The van der Waals surface area contributed by atoms with E-state index in [1.165, 1.54) is 13.0 Å². The van der Waals surface area contributed by atoms with Gasteiger partial charge in [-0.25, -0.2) is 9.78 Å². The lowest BCUT2D eigenvalue weighted by Crippen LogP contribution is -2.07. The second-order valence-corrected chi connectivity index (χ2v) is 3.17. The molecule has 0 unspecified atom stereocenters. The number of carbonyl (C=O) groups excluding carboxylic acids is 1. The van der Waals surface area contributed by atoms with Gasteiger partial charge in [-0.2, -0.15) is 0 Å². The average molecular weight is 230 g/mol. The number of hydrogen-bond acceptors (Lipinski definition) is 4. The van der Waals surface area contributed by atoms with Gasteiger partial charge in [-0.15, -0.1) is 0 Å². The van der Waals surface area contributed by atoms with Gasteiger partial charge in [0.25, 0.3) is 0 Å². The lowest BCUT2D eigenvalue weighted by Gasteiger charge is -2.06. The molecule has 0 bridgehead atoms. The van der Waals surface area contributed by atoms with Crippen LogP contribution in [0.5, 0.6) is 5.75 Å². The Kier molecular flexibility index (Phi) is 3.26. The van der Waals surface area contributed by atoms with Crippen LogP contribution >= 0.6 is 11.6 Å². The second-order valence-electron chi connectivity index (χ2n) is 2.81. The van der Waals surface area contributed by atoms with Crippen LogP contribution < -0.4 is 4.74 Å².